The summed E-state index contributed by atoms with van der Waals surface area (Å²) in [5.41, 5.74) is 0. The van der Waals surface area contributed by atoms with Crippen molar-refractivity contribution in [1.82, 2.24) is 10.6 Å². The van der Waals surface area contributed by atoms with E-state index in [-0.39, 0.29) is 24.1 Å². The van der Waals surface area contributed by atoms with Crippen LogP contribution >= 0.6 is 0 Å². The number of esters is 2. The highest BCUT2D eigenvalue weighted by Gasteiger charge is 2.17. The predicted molar refractivity (Wildman–Crippen MR) is 96.5 cm³/mol. The van der Waals surface area contributed by atoms with Gasteiger partial charge in [-0.25, -0.2) is 9.59 Å². The zero-order valence-electron chi connectivity index (χ0n) is 16.3. The second-order valence-electron chi connectivity index (χ2n) is 6.33. The van der Waals surface area contributed by atoms with Crippen molar-refractivity contribution in [2.24, 2.45) is 5.92 Å². The Morgan fingerprint density at radius 3 is 2.04 bits per heavy atom. The maximum Gasteiger partial charge on any atom is 0.328 e. The first-order chi connectivity index (χ1) is 12.3. The van der Waals surface area contributed by atoms with Crippen molar-refractivity contribution in [2.45, 2.75) is 64.8 Å². The highest BCUT2D eigenvalue weighted by molar-refractivity contribution is 5.84. The largest absolute Gasteiger partial charge is 0.469 e. The van der Waals surface area contributed by atoms with Gasteiger partial charge in [0, 0.05) is 19.4 Å². The Kier molecular flexibility index (Phi) is 12.9. The van der Waals surface area contributed by atoms with Crippen molar-refractivity contribution in [3.8, 4) is 0 Å². The Hall–Kier alpha value is -2.12. The molecule has 0 aliphatic carbocycles. The zero-order chi connectivity index (χ0) is 19.9. The molecule has 0 saturated heterocycles. The lowest BCUT2D eigenvalue weighted by Crippen LogP contribution is -2.45. The topological polar surface area (TPSA) is 111 Å². The van der Waals surface area contributed by atoms with Gasteiger partial charge in [-0.1, -0.05) is 26.2 Å². The summed E-state index contributed by atoms with van der Waals surface area (Å²) in [5.74, 6) is -1.14. The Morgan fingerprint density at radius 1 is 0.846 bits per heavy atom. The van der Waals surface area contributed by atoms with Crippen LogP contribution in [0.2, 0.25) is 0 Å². The maximum absolute atomic E-state index is 11.7. The van der Waals surface area contributed by atoms with E-state index in [1.165, 1.54) is 14.2 Å². The number of methoxy groups -OCH3 is 2. The summed E-state index contributed by atoms with van der Waals surface area (Å²) in [6, 6.07) is -1.08. The van der Waals surface area contributed by atoms with Crippen molar-refractivity contribution in [3.63, 3.8) is 0 Å². The SMILES string of the molecule is COC(=O)C(C)CC(=O)CCCCCCCNC(=O)NC(C)C(=O)OC. The molecule has 0 aliphatic heterocycles. The third kappa shape index (κ3) is 11.4. The first-order valence-electron chi connectivity index (χ1n) is 9.03. The van der Waals surface area contributed by atoms with Gasteiger partial charge in [0.05, 0.1) is 20.1 Å². The predicted octanol–water partition coefficient (Wildman–Crippen LogP) is 1.96. The molecule has 0 spiro atoms. The van der Waals surface area contributed by atoms with E-state index in [4.69, 9.17) is 0 Å². The highest BCUT2D eigenvalue weighted by atomic mass is 16.5. The first kappa shape index (κ1) is 23.9. The molecule has 26 heavy (non-hydrogen) atoms. The van der Waals surface area contributed by atoms with Crippen LogP contribution in [0.1, 0.15) is 58.8 Å². The fraction of sp³-hybridized carbons (Fsp3) is 0.778. The molecule has 150 valence electrons. The van der Waals surface area contributed by atoms with E-state index in [1.54, 1.807) is 13.8 Å². The standard InChI is InChI=1S/C18H32N2O6/c1-13(16(22)25-3)12-15(21)10-8-6-5-7-9-11-19-18(24)20-14(2)17(23)26-4/h13-14H,5-12H2,1-4H3,(H2,19,20,24). The number of rotatable bonds is 13. The molecule has 0 aromatic rings. The van der Waals surface area contributed by atoms with E-state index < -0.39 is 18.0 Å². The molecule has 0 radical (unpaired) electrons. The van der Waals surface area contributed by atoms with Crippen LogP contribution in [0.25, 0.3) is 0 Å². The zero-order valence-corrected chi connectivity index (χ0v) is 16.3. The molecule has 2 N–H and O–H groups in total. The Bertz CT molecular complexity index is 425. The van der Waals surface area contributed by atoms with Crippen LogP contribution in [-0.4, -0.2) is 50.6 Å². The first-order valence-corrected chi connectivity index (χ1v) is 9.03. The van der Waals surface area contributed by atoms with E-state index in [1.807, 2.05) is 0 Å². The lowest BCUT2D eigenvalue weighted by molar-refractivity contribution is -0.146. The summed E-state index contributed by atoms with van der Waals surface area (Å²) in [5, 5.41) is 5.17. The van der Waals surface area contributed by atoms with E-state index >= 15 is 0 Å². The van der Waals surface area contributed by atoms with Gasteiger partial charge in [0.2, 0.25) is 0 Å². The minimum Gasteiger partial charge on any atom is -0.469 e. The van der Waals surface area contributed by atoms with Gasteiger partial charge >= 0.3 is 18.0 Å². The van der Waals surface area contributed by atoms with E-state index in [0.29, 0.717) is 13.0 Å². The number of amides is 2. The number of Topliss-reactive ketones (excluding diaryl/α,β-unsaturated/α-hetero) is 1. The normalized spacial score (nSPS) is 12.6. The molecule has 0 saturated carbocycles. The summed E-state index contributed by atoms with van der Waals surface area (Å²) in [6.45, 7) is 3.77. The number of urea groups is 1. The van der Waals surface area contributed by atoms with Crippen LogP contribution < -0.4 is 10.6 Å². The molecule has 8 heteroatoms. The number of hydrogen-bond acceptors (Lipinski definition) is 6. The van der Waals surface area contributed by atoms with E-state index in [0.717, 1.165) is 32.1 Å². The van der Waals surface area contributed by atoms with Gasteiger partial charge in [0.25, 0.3) is 0 Å². The van der Waals surface area contributed by atoms with Crippen molar-refractivity contribution in [2.75, 3.05) is 20.8 Å². The third-order valence-corrected chi connectivity index (χ3v) is 3.96. The third-order valence-electron chi connectivity index (χ3n) is 3.96. The number of carbonyl (C=O) groups is 4. The van der Waals surface area contributed by atoms with Crippen LogP contribution in [-0.2, 0) is 23.9 Å². The maximum atomic E-state index is 11.7. The lowest BCUT2D eigenvalue weighted by Gasteiger charge is -2.12. The lowest BCUT2D eigenvalue weighted by atomic mass is 10.0. The number of carbonyl (C=O) groups excluding carboxylic acids is 4. The second-order valence-corrected chi connectivity index (χ2v) is 6.33. The number of unbranched alkanes of at least 4 members (excludes halogenated alkanes) is 4. The van der Waals surface area contributed by atoms with Crippen LogP contribution in [0.15, 0.2) is 0 Å². The molecule has 2 atom stereocenters. The molecule has 0 aromatic heterocycles. The number of hydrogen-bond donors (Lipinski definition) is 2. The van der Waals surface area contributed by atoms with Gasteiger partial charge in [-0.3, -0.25) is 9.59 Å². The van der Waals surface area contributed by atoms with Crippen LogP contribution in [0.5, 0.6) is 0 Å². The average Bonchev–Trinajstić information content (AvgIpc) is 2.61. The molecular weight excluding hydrogens is 340 g/mol. The summed E-state index contributed by atoms with van der Waals surface area (Å²) in [6.07, 6.45) is 5.19. The monoisotopic (exact) mass is 372 g/mol. The molecule has 0 fully saturated rings. The molecule has 8 nitrogen and oxygen atoms in total. The van der Waals surface area contributed by atoms with Gasteiger partial charge < -0.3 is 20.1 Å². The molecular formula is C18H32N2O6. The fourth-order valence-corrected chi connectivity index (χ4v) is 2.39. The molecule has 2 unspecified atom stereocenters. The minimum absolute atomic E-state index is 0.0842. The highest BCUT2D eigenvalue weighted by Crippen LogP contribution is 2.11. The summed E-state index contributed by atoms with van der Waals surface area (Å²) < 4.78 is 9.12. The van der Waals surface area contributed by atoms with Gasteiger partial charge in [0.1, 0.15) is 11.8 Å². The Balaban J connectivity index is 3.59. The molecule has 2 amide bonds. The van der Waals surface area contributed by atoms with Gasteiger partial charge in [-0.05, 0) is 19.8 Å². The molecule has 0 rings (SSSR count). The fourth-order valence-electron chi connectivity index (χ4n) is 2.39. The molecule has 0 aromatic carbocycles. The number of ketones is 1. The summed E-state index contributed by atoms with van der Waals surface area (Å²) >= 11 is 0. The van der Waals surface area contributed by atoms with Gasteiger partial charge in [-0.15, -0.1) is 0 Å². The van der Waals surface area contributed by atoms with E-state index in [9.17, 15) is 19.2 Å². The molecule has 0 heterocycles. The molecule has 0 bridgehead atoms. The van der Waals surface area contributed by atoms with Gasteiger partial charge in [-0.2, -0.15) is 0 Å². The Labute approximate surface area is 155 Å². The summed E-state index contributed by atoms with van der Waals surface area (Å²) in [4.78, 5) is 45.7. The van der Waals surface area contributed by atoms with Crippen LogP contribution in [0.4, 0.5) is 4.79 Å². The van der Waals surface area contributed by atoms with Crippen LogP contribution in [0.3, 0.4) is 0 Å². The van der Waals surface area contributed by atoms with E-state index in [2.05, 4.69) is 20.1 Å². The smallest absolute Gasteiger partial charge is 0.328 e. The second kappa shape index (κ2) is 14.1. The number of ether oxygens (including phenoxy) is 2. The average molecular weight is 372 g/mol. The van der Waals surface area contributed by atoms with Crippen molar-refractivity contribution >= 4 is 23.8 Å². The van der Waals surface area contributed by atoms with Crippen LogP contribution in [0, 0.1) is 5.92 Å². The molecule has 0 aliphatic rings. The number of nitrogens with one attached hydrogen (secondary N) is 2. The summed E-state index contributed by atoms with van der Waals surface area (Å²) in [7, 11) is 2.59. The minimum atomic E-state index is -0.681. The van der Waals surface area contributed by atoms with Crippen molar-refractivity contribution in [3.05, 3.63) is 0 Å². The quantitative estimate of drug-likeness (QED) is 0.378. The van der Waals surface area contributed by atoms with Crippen molar-refractivity contribution in [1.29, 1.82) is 0 Å². The Morgan fingerprint density at radius 2 is 1.42 bits per heavy atom. The van der Waals surface area contributed by atoms with Gasteiger partial charge in [0.15, 0.2) is 0 Å². The van der Waals surface area contributed by atoms with Crippen molar-refractivity contribution < 1.29 is 28.7 Å².